The number of nitrogens with zero attached hydrogens (tertiary/aromatic N) is 2. The molecule has 2 aromatic heterocycles. The largest absolute Gasteiger partial charge is 0.496 e. The van der Waals surface area contributed by atoms with Crippen LogP contribution in [0.1, 0.15) is 11.1 Å². The molecule has 0 bridgehead atoms. The van der Waals surface area contributed by atoms with Gasteiger partial charge in [0.05, 0.1) is 40.7 Å². The molecule has 0 aliphatic rings. The molecule has 0 aliphatic carbocycles. The van der Waals surface area contributed by atoms with Crippen LogP contribution in [-0.4, -0.2) is 24.4 Å². The van der Waals surface area contributed by atoms with Gasteiger partial charge in [-0.25, -0.2) is 0 Å². The van der Waals surface area contributed by atoms with Crippen molar-refractivity contribution in [2.24, 2.45) is 0 Å². The van der Waals surface area contributed by atoms with Gasteiger partial charge in [0, 0.05) is 27.9 Å². The van der Waals surface area contributed by atoms with Crippen molar-refractivity contribution in [1.29, 1.82) is 0 Å². The summed E-state index contributed by atoms with van der Waals surface area (Å²) in [6, 6.07) is 10.9. The van der Waals surface area contributed by atoms with Gasteiger partial charge in [0.1, 0.15) is 11.5 Å². The van der Waals surface area contributed by atoms with Crippen molar-refractivity contribution in [3.8, 4) is 11.5 Å². The third kappa shape index (κ3) is 4.02. The first kappa shape index (κ1) is 21.0. The molecule has 0 fully saturated rings. The van der Waals surface area contributed by atoms with E-state index >= 15 is 0 Å². The molecule has 0 saturated heterocycles. The molecule has 150 valence electrons. The summed E-state index contributed by atoms with van der Waals surface area (Å²) in [5, 5.41) is 12.8. The third-order valence-corrected chi connectivity index (χ3v) is 5.39. The maximum absolute atomic E-state index is 9.70. The number of fused-ring (bicyclic) bond motifs is 2. The Morgan fingerprint density at radius 3 is 2.07 bits per heavy atom. The Bertz CT molecular complexity index is 1200. The highest BCUT2D eigenvalue weighted by Crippen LogP contribution is 2.30. The van der Waals surface area contributed by atoms with Crippen molar-refractivity contribution < 1.29 is 19.4 Å². The average Bonchev–Trinajstić information content (AvgIpc) is 2.72. The van der Waals surface area contributed by atoms with Crippen LogP contribution in [0.2, 0.25) is 10.0 Å². The molecule has 0 radical (unpaired) electrons. The predicted octanol–water partition coefficient (Wildman–Crippen LogP) is 5.54. The summed E-state index contributed by atoms with van der Waals surface area (Å²) in [4.78, 5) is 4.29. The van der Waals surface area contributed by atoms with Crippen LogP contribution in [0.25, 0.3) is 21.8 Å². The maximum atomic E-state index is 9.70. The monoisotopic (exact) mass is 431 g/mol. The first-order valence-corrected chi connectivity index (χ1v) is 9.59. The van der Waals surface area contributed by atoms with Gasteiger partial charge in [0.2, 0.25) is 6.20 Å². The van der Waals surface area contributed by atoms with Crippen LogP contribution in [0.3, 0.4) is 0 Å². The highest BCUT2D eigenvalue weighted by Gasteiger charge is 2.17. The van der Waals surface area contributed by atoms with Crippen molar-refractivity contribution in [3.63, 3.8) is 0 Å². The van der Waals surface area contributed by atoms with Crippen molar-refractivity contribution in [2.75, 3.05) is 14.2 Å². The zero-order chi connectivity index (χ0) is 21.1. The Morgan fingerprint density at radius 1 is 0.828 bits per heavy atom. The minimum atomic E-state index is 0.612. The van der Waals surface area contributed by atoms with E-state index < -0.39 is 0 Å². The fourth-order valence-corrected chi connectivity index (χ4v) is 3.64. The molecule has 0 amide bonds. The number of aryl methyl sites for hydroxylation is 2. The summed E-state index contributed by atoms with van der Waals surface area (Å²) in [6.45, 7) is 3.86. The summed E-state index contributed by atoms with van der Waals surface area (Å²) in [7, 11) is 3.25. The van der Waals surface area contributed by atoms with E-state index in [4.69, 9.17) is 32.7 Å². The predicted molar refractivity (Wildman–Crippen MR) is 116 cm³/mol. The summed E-state index contributed by atoms with van der Waals surface area (Å²) in [5.74, 6) is 1.57. The van der Waals surface area contributed by atoms with Gasteiger partial charge in [-0.2, -0.15) is 0 Å². The van der Waals surface area contributed by atoms with E-state index in [1.165, 1.54) is 6.20 Å². The van der Waals surface area contributed by atoms with Crippen molar-refractivity contribution in [1.82, 2.24) is 4.98 Å². The molecule has 0 saturated carbocycles. The number of benzene rings is 2. The Morgan fingerprint density at radius 2 is 1.41 bits per heavy atom. The molecule has 5 nitrogen and oxygen atoms in total. The lowest BCUT2D eigenvalue weighted by Crippen LogP contribution is -2.30. The van der Waals surface area contributed by atoms with Crippen molar-refractivity contribution in [3.05, 3.63) is 70.0 Å². The zero-order valence-electron chi connectivity index (χ0n) is 16.5. The molecule has 2 heterocycles. The number of aromatic nitrogens is 2. The lowest BCUT2D eigenvalue weighted by molar-refractivity contribution is -0.884. The fraction of sp³-hybridized carbons (Fsp3) is 0.182. The maximum Gasteiger partial charge on any atom is 0.272 e. The second-order valence-corrected chi connectivity index (χ2v) is 7.19. The Hall–Kier alpha value is -2.76. The van der Waals surface area contributed by atoms with Crippen LogP contribution in [-0.2, 0) is 0 Å². The fourth-order valence-electron chi connectivity index (χ4n) is 3.22. The summed E-state index contributed by atoms with van der Waals surface area (Å²) in [5.41, 5.74) is 3.45. The second kappa shape index (κ2) is 8.72. The number of halogens is 2. The van der Waals surface area contributed by atoms with Gasteiger partial charge in [-0.05, 0) is 44.2 Å². The SMILES string of the molecule is COc1ccc2c(Cl)cc[n+](O)c2c1C.COc1ccc2c(Cl)ccnc2c1C. The Kier molecular flexibility index (Phi) is 6.30. The van der Waals surface area contributed by atoms with E-state index in [1.807, 2.05) is 38.1 Å². The highest BCUT2D eigenvalue weighted by atomic mass is 35.5. The molecule has 0 atom stereocenters. The van der Waals surface area contributed by atoms with Crippen LogP contribution in [0.5, 0.6) is 11.5 Å². The van der Waals surface area contributed by atoms with Gasteiger partial charge in [-0.1, -0.05) is 23.2 Å². The second-order valence-electron chi connectivity index (χ2n) is 6.38. The van der Waals surface area contributed by atoms with Gasteiger partial charge in [-0.15, -0.1) is 0 Å². The molecule has 0 unspecified atom stereocenters. The van der Waals surface area contributed by atoms with Crippen LogP contribution >= 0.6 is 23.2 Å². The van der Waals surface area contributed by atoms with E-state index in [9.17, 15) is 5.21 Å². The first-order chi connectivity index (χ1) is 13.9. The van der Waals surface area contributed by atoms with E-state index in [0.29, 0.717) is 10.5 Å². The van der Waals surface area contributed by atoms with Gasteiger partial charge < -0.3 is 9.47 Å². The Labute approximate surface area is 179 Å². The normalized spacial score (nSPS) is 10.6. The lowest BCUT2D eigenvalue weighted by Gasteiger charge is -2.07. The smallest absolute Gasteiger partial charge is 0.272 e. The molecular formula is C22H21Cl2N2O3+. The number of ether oxygens (including phenoxy) is 2. The number of pyridine rings is 2. The summed E-state index contributed by atoms with van der Waals surface area (Å²) < 4.78 is 11.4. The van der Waals surface area contributed by atoms with Gasteiger partial charge in [0.15, 0.2) is 0 Å². The molecule has 29 heavy (non-hydrogen) atoms. The van der Waals surface area contributed by atoms with Crippen LogP contribution in [0.4, 0.5) is 0 Å². The molecule has 0 aliphatic heterocycles. The van der Waals surface area contributed by atoms with Crippen LogP contribution in [0, 0.1) is 13.8 Å². The molecule has 7 heteroatoms. The highest BCUT2D eigenvalue weighted by molar-refractivity contribution is 6.35. The van der Waals surface area contributed by atoms with Crippen LogP contribution < -0.4 is 14.2 Å². The number of methoxy groups -OCH3 is 2. The minimum absolute atomic E-state index is 0.612. The molecular weight excluding hydrogens is 411 g/mol. The minimum Gasteiger partial charge on any atom is -0.496 e. The number of hydrogen-bond donors (Lipinski definition) is 1. The van der Waals surface area contributed by atoms with Gasteiger partial charge in [0.25, 0.3) is 5.52 Å². The zero-order valence-corrected chi connectivity index (χ0v) is 18.0. The van der Waals surface area contributed by atoms with E-state index in [1.54, 1.807) is 32.5 Å². The van der Waals surface area contributed by atoms with Gasteiger partial charge >= 0.3 is 0 Å². The van der Waals surface area contributed by atoms with E-state index in [-0.39, 0.29) is 0 Å². The topological polar surface area (TPSA) is 55.5 Å². The molecule has 1 N–H and O–H groups in total. The quantitative estimate of drug-likeness (QED) is 0.334. The first-order valence-electron chi connectivity index (χ1n) is 8.83. The molecule has 2 aromatic carbocycles. The third-order valence-electron chi connectivity index (χ3n) is 4.73. The van der Waals surface area contributed by atoms with Gasteiger partial charge in [-0.3, -0.25) is 10.2 Å². The molecule has 4 aromatic rings. The van der Waals surface area contributed by atoms with E-state index in [2.05, 4.69) is 4.98 Å². The standard InChI is InChI=1S/C11H11ClNO2.C11H10ClNO/c1-7-10(15-2)4-3-8-9(12)5-6-13(14)11(7)8;1-7-10(14-2)4-3-8-9(12)5-6-13-11(7)8/h3-6,14H,1-2H3;3-6H,1-2H3/q+1;. The van der Waals surface area contributed by atoms with E-state index in [0.717, 1.165) is 48.7 Å². The van der Waals surface area contributed by atoms with Crippen molar-refractivity contribution in [2.45, 2.75) is 13.8 Å². The summed E-state index contributed by atoms with van der Waals surface area (Å²) >= 11 is 12.1. The lowest BCUT2D eigenvalue weighted by atomic mass is 10.1. The Balaban J connectivity index is 0.000000166. The van der Waals surface area contributed by atoms with Crippen molar-refractivity contribution >= 4 is 45.0 Å². The molecule has 0 spiro atoms. The average molecular weight is 432 g/mol. The number of hydrogen-bond acceptors (Lipinski definition) is 4. The summed E-state index contributed by atoms with van der Waals surface area (Å²) in [6.07, 6.45) is 3.22. The number of rotatable bonds is 2. The van der Waals surface area contributed by atoms with Crippen LogP contribution in [0.15, 0.2) is 48.8 Å². The molecule has 4 rings (SSSR count).